The van der Waals surface area contributed by atoms with Crippen molar-refractivity contribution in [3.63, 3.8) is 0 Å². The quantitative estimate of drug-likeness (QED) is 0.575. The maximum absolute atomic E-state index is 11.5. The SMILES string of the molecule is CN(C)C1CCC(C2CC(C3CCC(C(=O)O)CC3)CC(C3CCC(N(C)C)CC3)[OH+]2)CC1. The third-order valence-corrected chi connectivity index (χ3v) is 10.3. The van der Waals surface area contributed by atoms with Crippen LogP contribution in [0.3, 0.4) is 0 Å². The van der Waals surface area contributed by atoms with E-state index in [1.54, 1.807) is 0 Å². The number of hydrogen-bond donors (Lipinski definition) is 1. The van der Waals surface area contributed by atoms with Crippen molar-refractivity contribution in [3.8, 4) is 0 Å². The van der Waals surface area contributed by atoms with Crippen molar-refractivity contribution in [2.24, 2.45) is 29.6 Å². The Morgan fingerprint density at radius 1 is 0.606 bits per heavy atom. The minimum absolute atomic E-state index is 0.0938. The number of aliphatic carboxylic acids is 1. The number of ether oxygens (including phenoxy) is 1. The van der Waals surface area contributed by atoms with E-state index in [1.165, 1.54) is 64.2 Å². The Balaban J connectivity index is 1.40. The van der Waals surface area contributed by atoms with Crippen LogP contribution in [0.25, 0.3) is 0 Å². The summed E-state index contributed by atoms with van der Waals surface area (Å²) in [5, 5.41) is 9.46. The second kappa shape index (κ2) is 11.4. The van der Waals surface area contributed by atoms with Crippen LogP contribution in [0.5, 0.6) is 0 Å². The first-order chi connectivity index (χ1) is 15.8. The minimum atomic E-state index is -0.571. The van der Waals surface area contributed by atoms with Crippen LogP contribution < -0.4 is 0 Å². The number of rotatable bonds is 6. The molecule has 0 amide bonds. The molecule has 4 rings (SSSR count). The summed E-state index contributed by atoms with van der Waals surface area (Å²) in [6, 6.07) is 1.51. The Morgan fingerprint density at radius 3 is 1.36 bits per heavy atom. The van der Waals surface area contributed by atoms with Gasteiger partial charge in [0.1, 0.15) is 0 Å². The number of carboxylic acid groups (broad SMARTS) is 1. The summed E-state index contributed by atoms with van der Waals surface area (Å²) in [6.45, 7) is 0. The monoisotopic (exact) mass is 463 g/mol. The van der Waals surface area contributed by atoms with E-state index in [1.807, 2.05) is 0 Å². The van der Waals surface area contributed by atoms with Crippen molar-refractivity contribution in [2.75, 3.05) is 28.2 Å². The zero-order chi connectivity index (χ0) is 23.5. The third kappa shape index (κ3) is 6.32. The van der Waals surface area contributed by atoms with E-state index < -0.39 is 5.97 Å². The molecule has 0 aromatic rings. The molecule has 3 aliphatic carbocycles. The van der Waals surface area contributed by atoms with Crippen LogP contribution in [0.4, 0.5) is 0 Å². The van der Waals surface area contributed by atoms with Gasteiger partial charge in [0.25, 0.3) is 0 Å². The standard InChI is InChI=1S/C28H50N2O3/c1-29(2)24-13-9-20(10-14-24)26-17-23(19-5-7-22(8-6-19)28(31)32)18-27(33-26)21-11-15-25(16-12-21)30(3)4/h19-27H,5-18H2,1-4H3,(H,31,32)/p+1. The molecular formula is C28H51N2O3+. The molecule has 1 aliphatic heterocycles. The van der Waals surface area contributed by atoms with Gasteiger partial charge in [-0.1, -0.05) is 0 Å². The lowest BCUT2D eigenvalue weighted by Crippen LogP contribution is -2.48. The van der Waals surface area contributed by atoms with Crippen LogP contribution in [0, 0.1) is 29.6 Å². The summed E-state index contributed by atoms with van der Waals surface area (Å²) in [4.78, 5) is 16.3. The molecule has 33 heavy (non-hydrogen) atoms. The van der Waals surface area contributed by atoms with Gasteiger partial charge in [0, 0.05) is 36.8 Å². The van der Waals surface area contributed by atoms with Crippen LogP contribution in [0.1, 0.15) is 89.9 Å². The van der Waals surface area contributed by atoms with E-state index in [9.17, 15) is 9.90 Å². The molecule has 0 aromatic carbocycles. The molecule has 0 radical (unpaired) electrons. The lowest BCUT2D eigenvalue weighted by Gasteiger charge is -2.45. The number of hydrogen-bond acceptors (Lipinski definition) is 3. The number of carboxylic acids is 1. The van der Waals surface area contributed by atoms with Gasteiger partial charge in [0.05, 0.1) is 5.92 Å². The largest absolute Gasteiger partial charge is 0.481 e. The van der Waals surface area contributed by atoms with Gasteiger partial charge in [-0.2, -0.15) is 0 Å². The Labute approximate surface area is 202 Å². The molecule has 5 nitrogen and oxygen atoms in total. The Morgan fingerprint density at radius 2 is 1.00 bits per heavy atom. The van der Waals surface area contributed by atoms with Crippen LogP contribution in [0.2, 0.25) is 0 Å². The smallest absolute Gasteiger partial charge is 0.306 e. The van der Waals surface area contributed by atoms with Gasteiger partial charge in [-0.25, -0.2) is 0 Å². The first-order valence-corrected chi connectivity index (χ1v) is 14.1. The van der Waals surface area contributed by atoms with Gasteiger partial charge in [-0.3, -0.25) is 4.79 Å². The lowest BCUT2D eigenvalue weighted by molar-refractivity contribution is -0.248. The fourth-order valence-electron chi connectivity index (χ4n) is 7.94. The van der Waals surface area contributed by atoms with Crippen molar-refractivity contribution in [3.05, 3.63) is 0 Å². The molecule has 2 unspecified atom stereocenters. The molecule has 4 fully saturated rings. The van der Waals surface area contributed by atoms with Gasteiger partial charge in [-0.05, 0) is 117 Å². The summed E-state index contributed by atoms with van der Waals surface area (Å²) in [5.41, 5.74) is 0. The molecule has 0 aromatic heterocycles. The van der Waals surface area contributed by atoms with Crippen molar-refractivity contribution in [2.45, 2.75) is 114 Å². The topological polar surface area (TPSA) is 56.6 Å². The predicted molar refractivity (Wildman–Crippen MR) is 134 cm³/mol. The van der Waals surface area contributed by atoms with E-state index in [4.69, 9.17) is 4.74 Å². The molecule has 190 valence electrons. The average molecular weight is 464 g/mol. The van der Waals surface area contributed by atoms with Crippen LogP contribution in [-0.4, -0.2) is 78.1 Å². The zero-order valence-corrected chi connectivity index (χ0v) is 21.8. The zero-order valence-electron chi connectivity index (χ0n) is 21.8. The molecular weight excluding hydrogens is 412 g/mol. The minimum Gasteiger partial charge on any atom is -0.481 e. The van der Waals surface area contributed by atoms with E-state index in [0.717, 1.165) is 61.4 Å². The number of carbonyl (C=O) groups is 1. The van der Waals surface area contributed by atoms with E-state index in [-0.39, 0.29) is 5.92 Å². The highest BCUT2D eigenvalue weighted by atomic mass is 16.5. The molecule has 0 spiro atoms. The molecule has 1 heterocycles. The maximum atomic E-state index is 11.5. The summed E-state index contributed by atoms with van der Waals surface area (Å²) >= 11 is 0. The summed E-state index contributed by atoms with van der Waals surface area (Å²) in [5.74, 6) is 2.39. The van der Waals surface area contributed by atoms with Gasteiger partial charge in [0.2, 0.25) is 0 Å². The fourth-order valence-corrected chi connectivity index (χ4v) is 7.94. The second-order valence-corrected chi connectivity index (χ2v) is 12.5. The highest BCUT2D eigenvalue weighted by Crippen LogP contribution is 2.45. The van der Waals surface area contributed by atoms with Gasteiger partial charge in [0.15, 0.2) is 12.2 Å². The first-order valence-electron chi connectivity index (χ1n) is 14.1. The van der Waals surface area contributed by atoms with Gasteiger partial charge in [-0.15, -0.1) is 0 Å². The summed E-state index contributed by atoms with van der Waals surface area (Å²) < 4.78 is 5.64. The predicted octanol–water partition coefficient (Wildman–Crippen LogP) is 4.79. The van der Waals surface area contributed by atoms with Crippen molar-refractivity contribution < 1.29 is 14.6 Å². The molecule has 5 heteroatoms. The summed E-state index contributed by atoms with van der Waals surface area (Å²) in [7, 11) is 8.94. The highest BCUT2D eigenvalue weighted by Gasteiger charge is 2.46. The Kier molecular flexibility index (Phi) is 8.78. The Hall–Kier alpha value is -0.650. The van der Waals surface area contributed by atoms with Crippen molar-refractivity contribution in [1.29, 1.82) is 0 Å². The molecule has 1 saturated heterocycles. The third-order valence-electron chi connectivity index (χ3n) is 10.3. The van der Waals surface area contributed by atoms with E-state index in [0.29, 0.717) is 12.2 Å². The first kappa shape index (κ1) is 25.4. The molecule has 0 bridgehead atoms. The summed E-state index contributed by atoms with van der Waals surface area (Å²) in [6.07, 6.45) is 18.4. The lowest BCUT2D eigenvalue weighted by atomic mass is 9.67. The Bertz CT molecular complexity index is 579. The molecule has 4 aliphatic rings. The molecule has 2 N–H and O–H groups in total. The van der Waals surface area contributed by atoms with Crippen molar-refractivity contribution in [1.82, 2.24) is 9.80 Å². The number of aliphatic hydroxyl groups is 2. The fraction of sp³-hybridized carbons (Fsp3) is 0.964. The number of nitrogens with zero attached hydrogens (tertiary/aromatic N) is 2. The molecule has 2 atom stereocenters. The average Bonchev–Trinajstić information content (AvgIpc) is 2.84. The van der Waals surface area contributed by atoms with Crippen LogP contribution in [0.15, 0.2) is 0 Å². The maximum Gasteiger partial charge on any atom is 0.306 e. The van der Waals surface area contributed by atoms with Gasteiger partial charge < -0.3 is 19.6 Å². The van der Waals surface area contributed by atoms with Crippen LogP contribution in [-0.2, 0) is 4.79 Å². The normalized spacial score (nSPS) is 43.0. The van der Waals surface area contributed by atoms with Crippen molar-refractivity contribution >= 4 is 5.97 Å². The van der Waals surface area contributed by atoms with Gasteiger partial charge >= 0.3 is 5.97 Å². The molecule has 3 saturated carbocycles. The van der Waals surface area contributed by atoms with E-state index in [2.05, 4.69) is 38.0 Å². The highest BCUT2D eigenvalue weighted by molar-refractivity contribution is 5.69. The van der Waals surface area contributed by atoms with E-state index >= 15 is 0 Å². The van der Waals surface area contributed by atoms with Crippen LogP contribution >= 0.6 is 0 Å². The second-order valence-electron chi connectivity index (χ2n) is 12.5.